The minimum Gasteiger partial charge on any atom is -0.488 e. The zero-order valence-corrected chi connectivity index (χ0v) is 11.5. The highest BCUT2D eigenvalue weighted by Crippen LogP contribution is 2.29. The van der Waals surface area contributed by atoms with Gasteiger partial charge in [0.25, 0.3) is 0 Å². The van der Waals surface area contributed by atoms with Crippen molar-refractivity contribution in [1.29, 1.82) is 0 Å². The normalized spacial score (nSPS) is 16.8. The molecule has 1 aromatic carbocycles. The first-order valence-corrected chi connectivity index (χ1v) is 6.58. The summed E-state index contributed by atoms with van der Waals surface area (Å²) < 4.78 is 7.60. The standard InChI is InChI=1S/C15H16N2O3/c1-9-14(15(18)19)10(2)17(16-9)8-12-7-11-5-3-4-6-13(11)20-12/h3-6,12H,7-8H2,1-2H3,(H,18,19). The van der Waals surface area contributed by atoms with Crippen LogP contribution < -0.4 is 4.74 Å². The third kappa shape index (κ3) is 2.05. The van der Waals surface area contributed by atoms with Crippen LogP contribution >= 0.6 is 0 Å². The van der Waals surface area contributed by atoms with Crippen LogP contribution in [0.3, 0.4) is 0 Å². The van der Waals surface area contributed by atoms with Gasteiger partial charge in [-0.2, -0.15) is 5.10 Å². The highest BCUT2D eigenvalue weighted by atomic mass is 16.5. The lowest BCUT2D eigenvalue weighted by Crippen LogP contribution is -2.22. The highest BCUT2D eigenvalue weighted by molar-refractivity contribution is 5.90. The molecule has 2 aromatic rings. The van der Waals surface area contributed by atoms with Crippen LogP contribution in [0.25, 0.3) is 0 Å². The molecule has 3 rings (SSSR count). The molecule has 5 heteroatoms. The van der Waals surface area contributed by atoms with Gasteiger partial charge < -0.3 is 9.84 Å². The molecule has 1 N–H and O–H groups in total. The Morgan fingerprint density at radius 1 is 1.45 bits per heavy atom. The molecule has 0 bridgehead atoms. The molecule has 1 aliphatic heterocycles. The first-order valence-electron chi connectivity index (χ1n) is 6.58. The molecule has 0 amide bonds. The number of hydrogen-bond donors (Lipinski definition) is 1. The number of hydrogen-bond acceptors (Lipinski definition) is 3. The monoisotopic (exact) mass is 272 g/mol. The van der Waals surface area contributed by atoms with Crippen LogP contribution in [-0.4, -0.2) is 27.0 Å². The van der Waals surface area contributed by atoms with Crippen molar-refractivity contribution in [3.05, 3.63) is 46.8 Å². The van der Waals surface area contributed by atoms with Gasteiger partial charge in [-0.05, 0) is 25.5 Å². The van der Waals surface area contributed by atoms with E-state index in [-0.39, 0.29) is 6.10 Å². The van der Waals surface area contributed by atoms with E-state index in [1.54, 1.807) is 18.5 Å². The number of rotatable bonds is 3. The molecule has 0 fully saturated rings. The molecule has 1 unspecified atom stereocenters. The second-order valence-corrected chi connectivity index (χ2v) is 5.08. The minimum atomic E-state index is -0.929. The first kappa shape index (κ1) is 12.7. The number of benzene rings is 1. The number of carboxylic acid groups (broad SMARTS) is 1. The van der Waals surface area contributed by atoms with Crippen LogP contribution in [0, 0.1) is 13.8 Å². The number of nitrogens with zero attached hydrogens (tertiary/aromatic N) is 2. The summed E-state index contributed by atoms with van der Waals surface area (Å²) in [5.41, 5.74) is 2.71. The molecule has 1 aliphatic rings. The SMILES string of the molecule is Cc1nn(CC2Cc3ccccc3O2)c(C)c1C(=O)O. The van der Waals surface area contributed by atoms with Crippen molar-refractivity contribution in [3.63, 3.8) is 0 Å². The molecule has 0 radical (unpaired) electrons. The average molecular weight is 272 g/mol. The van der Waals surface area contributed by atoms with Gasteiger partial charge in [0, 0.05) is 6.42 Å². The molecule has 0 spiro atoms. The summed E-state index contributed by atoms with van der Waals surface area (Å²) in [4.78, 5) is 11.2. The van der Waals surface area contributed by atoms with E-state index in [0.29, 0.717) is 23.5 Å². The van der Waals surface area contributed by atoms with Crippen LogP contribution in [0.5, 0.6) is 5.75 Å². The predicted octanol–water partition coefficient (Wildman–Crippen LogP) is 2.20. The Morgan fingerprint density at radius 3 is 2.85 bits per heavy atom. The Morgan fingerprint density at radius 2 is 2.20 bits per heavy atom. The molecule has 5 nitrogen and oxygen atoms in total. The molecule has 1 atom stereocenters. The van der Waals surface area contributed by atoms with E-state index in [4.69, 9.17) is 4.74 Å². The van der Waals surface area contributed by atoms with E-state index in [2.05, 4.69) is 11.2 Å². The molecule has 0 saturated carbocycles. The Kier molecular flexibility index (Phi) is 2.97. The lowest BCUT2D eigenvalue weighted by Gasteiger charge is -2.12. The van der Waals surface area contributed by atoms with Crippen molar-refractivity contribution in [3.8, 4) is 5.75 Å². The number of ether oxygens (including phenoxy) is 1. The molecular formula is C15H16N2O3. The molecule has 0 saturated heterocycles. The van der Waals surface area contributed by atoms with E-state index in [1.165, 1.54) is 5.56 Å². The Bertz CT molecular complexity index is 651. The van der Waals surface area contributed by atoms with Crippen molar-refractivity contribution in [1.82, 2.24) is 9.78 Å². The third-order valence-corrected chi connectivity index (χ3v) is 3.69. The molecule has 1 aromatic heterocycles. The Hall–Kier alpha value is -2.30. The summed E-state index contributed by atoms with van der Waals surface area (Å²) >= 11 is 0. The third-order valence-electron chi connectivity index (χ3n) is 3.69. The molecule has 20 heavy (non-hydrogen) atoms. The maximum Gasteiger partial charge on any atom is 0.339 e. The molecular weight excluding hydrogens is 256 g/mol. The van der Waals surface area contributed by atoms with E-state index in [1.807, 2.05) is 18.2 Å². The number of aromatic carboxylic acids is 1. The lowest BCUT2D eigenvalue weighted by molar-refractivity contribution is 0.0695. The topological polar surface area (TPSA) is 64.4 Å². The number of aryl methyl sites for hydroxylation is 1. The average Bonchev–Trinajstić information content (AvgIpc) is 2.90. The molecule has 104 valence electrons. The van der Waals surface area contributed by atoms with Crippen LogP contribution in [0.2, 0.25) is 0 Å². The van der Waals surface area contributed by atoms with Gasteiger partial charge in [-0.3, -0.25) is 4.68 Å². The zero-order valence-electron chi connectivity index (χ0n) is 11.5. The maximum atomic E-state index is 11.2. The summed E-state index contributed by atoms with van der Waals surface area (Å²) in [6, 6.07) is 7.96. The van der Waals surface area contributed by atoms with Gasteiger partial charge >= 0.3 is 5.97 Å². The smallest absolute Gasteiger partial charge is 0.339 e. The van der Waals surface area contributed by atoms with Crippen LogP contribution in [0.1, 0.15) is 27.3 Å². The van der Waals surface area contributed by atoms with Gasteiger partial charge in [0.1, 0.15) is 17.4 Å². The van der Waals surface area contributed by atoms with Gasteiger partial charge in [-0.15, -0.1) is 0 Å². The highest BCUT2D eigenvalue weighted by Gasteiger charge is 2.25. The van der Waals surface area contributed by atoms with E-state index in [9.17, 15) is 9.90 Å². The number of fused-ring (bicyclic) bond motifs is 1. The van der Waals surface area contributed by atoms with E-state index >= 15 is 0 Å². The Labute approximate surface area is 116 Å². The number of carboxylic acids is 1. The summed E-state index contributed by atoms with van der Waals surface area (Å²) in [7, 11) is 0. The van der Waals surface area contributed by atoms with Crippen molar-refractivity contribution in [2.75, 3.05) is 0 Å². The van der Waals surface area contributed by atoms with Gasteiger partial charge in [0.2, 0.25) is 0 Å². The fourth-order valence-electron chi connectivity index (χ4n) is 2.73. The summed E-state index contributed by atoms with van der Waals surface area (Å²) in [6.45, 7) is 4.07. The maximum absolute atomic E-state index is 11.2. The van der Waals surface area contributed by atoms with Crippen LogP contribution in [0.4, 0.5) is 0 Å². The van der Waals surface area contributed by atoms with Crippen molar-refractivity contribution in [2.45, 2.75) is 32.9 Å². The zero-order chi connectivity index (χ0) is 14.3. The van der Waals surface area contributed by atoms with E-state index in [0.717, 1.165) is 12.2 Å². The summed E-state index contributed by atoms with van der Waals surface area (Å²) in [6.07, 6.45) is 0.837. The van der Waals surface area contributed by atoms with E-state index < -0.39 is 5.97 Å². The second kappa shape index (κ2) is 4.67. The van der Waals surface area contributed by atoms with Gasteiger partial charge in [-0.25, -0.2) is 4.79 Å². The largest absolute Gasteiger partial charge is 0.488 e. The van der Waals surface area contributed by atoms with Crippen molar-refractivity contribution >= 4 is 5.97 Å². The fraction of sp³-hybridized carbons (Fsp3) is 0.333. The first-order chi connectivity index (χ1) is 9.56. The number of aromatic nitrogens is 2. The number of carbonyl (C=O) groups is 1. The van der Waals surface area contributed by atoms with Crippen molar-refractivity contribution in [2.24, 2.45) is 0 Å². The molecule has 2 heterocycles. The van der Waals surface area contributed by atoms with Crippen LogP contribution in [0.15, 0.2) is 24.3 Å². The summed E-state index contributed by atoms with van der Waals surface area (Å²) in [5, 5.41) is 13.5. The van der Waals surface area contributed by atoms with Gasteiger partial charge in [-0.1, -0.05) is 18.2 Å². The van der Waals surface area contributed by atoms with Gasteiger partial charge in [0.15, 0.2) is 0 Å². The summed E-state index contributed by atoms with van der Waals surface area (Å²) in [5.74, 6) is -0.0145. The second-order valence-electron chi connectivity index (χ2n) is 5.08. The van der Waals surface area contributed by atoms with Gasteiger partial charge in [0.05, 0.1) is 17.9 Å². The Balaban J connectivity index is 1.81. The molecule has 0 aliphatic carbocycles. The minimum absolute atomic E-state index is 0.00652. The fourth-order valence-corrected chi connectivity index (χ4v) is 2.73. The van der Waals surface area contributed by atoms with Crippen LogP contribution in [-0.2, 0) is 13.0 Å². The van der Waals surface area contributed by atoms with Crippen molar-refractivity contribution < 1.29 is 14.6 Å². The quantitative estimate of drug-likeness (QED) is 0.930. The predicted molar refractivity (Wildman–Crippen MR) is 73.2 cm³/mol. The number of para-hydroxylation sites is 1. The lowest BCUT2D eigenvalue weighted by atomic mass is 10.1.